The standard InChI is InChI=1S/C10H15N3O3/c1-12-10(14)9(8(15-2)7-11-12)13-3-5-16-6-4-13/h7H,3-6H2,1-2H3. The predicted molar refractivity (Wildman–Crippen MR) is 59.1 cm³/mol. The van der Waals surface area contributed by atoms with Crippen LogP contribution in [0.3, 0.4) is 0 Å². The smallest absolute Gasteiger partial charge is 0.293 e. The number of nitrogens with zero attached hydrogens (tertiary/aromatic N) is 3. The molecular weight excluding hydrogens is 210 g/mol. The van der Waals surface area contributed by atoms with Crippen LogP contribution in [0.25, 0.3) is 0 Å². The van der Waals surface area contributed by atoms with Crippen molar-refractivity contribution in [3.63, 3.8) is 0 Å². The fraction of sp³-hybridized carbons (Fsp3) is 0.600. The Morgan fingerprint density at radius 2 is 2.12 bits per heavy atom. The number of hydrogen-bond acceptors (Lipinski definition) is 5. The molecule has 6 heteroatoms. The van der Waals surface area contributed by atoms with Gasteiger partial charge in [-0.15, -0.1) is 0 Å². The molecule has 88 valence electrons. The lowest BCUT2D eigenvalue weighted by Crippen LogP contribution is -2.40. The van der Waals surface area contributed by atoms with Gasteiger partial charge in [0.2, 0.25) is 0 Å². The molecule has 0 atom stereocenters. The van der Waals surface area contributed by atoms with Crippen LogP contribution >= 0.6 is 0 Å². The Morgan fingerprint density at radius 1 is 1.44 bits per heavy atom. The van der Waals surface area contributed by atoms with E-state index >= 15 is 0 Å². The van der Waals surface area contributed by atoms with Gasteiger partial charge in [0.25, 0.3) is 5.56 Å². The third-order valence-electron chi connectivity index (χ3n) is 2.63. The summed E-state index contributed by atoms with van der Waals surface area (Å²) in [5.74, 6) is 0.519. The Labute approximate surface area is 93.4 Å². The molecule has 1 aliphatic rings. The highest BCUT2D eigenvalue weighted by Crippen LogP contribution is 2.22. The second-order valence-corrected chi connectivity index (χ2v) is 3.59. The topological polar surface area (TPSA) is 56.6 Å². The molecule has 0 bridgehead atoms. The van der Waals surface area contributed by atoms with Crippen LogP contribution in [0.4, 0.5) is 5.69 Å². The van der Waals surface area contributed by atoms with E-state index in [0.717, 1.165) is 0 Å². The number of methoxy groups -OCH3 is 1. The van der Waals surface area contributed by atoms with Gasteiger partial charge in [-0.3, -0.25) is 4.79 Å². The molecule has 16 heavy (non-hydrogen) atoms. The van der Waals surface area contributed by atoms with Crippen molar-refractivity contribution in [2.75, 3.05) is 38.3 Å². The van der Waals surface area contributed by atoms with Crippen LogP contribution in [-0.2, 0) is 11.8 Å². The second-order valence-electron chi connectivity index (χ2n) is 3.59. The van der Waals surface area contributed by atoms with E-state index in [4.69, 9.17) is 9.47 Å². The number of anilines is 1. The predicted octanol–water partition coefficient (Wildman–Crippen LogP) is -0.374. The van der Waals surface area contributed by atoms with Crippen molar-refractivity contribution in [2.24, 2.45) is 7.05 Å². The third-order valence-corrected chi connectivity index (χ3v) is 2.63. The van der Waals surface area contributed by atoms with Gasteiger partial charge in [-0.2, -0.15) is 5.10 Å². The molecule has 2 rings (SSSR count). The zero-order valence-electron chi connectivity index (χ0n) is 9.47. The molecule has 1 aromatic heterocycles. The summed E-state index contributed by atoms with van der Waals surface area (Å²) in [7, 11) is 3.17. The van der Waals surface area contributed by atoms with E-state index in [1.165, 1.54) is 4.68 Å². The number of aryl methyl sites for hydroxylation is 1. The minimum Gasteiger partial charge on any atom is -0.493 e. The average molecular weight is 225 g/mol. The minimum absolute atomic E-state index is 0.138. The summed E-state index contributed by atoms with van der Waals surface area (Å²) in [5, 5.41) is 3.93. The van der Waals surface area contributed by atoms with Crippen molar-refractivity contribution in [3.8, 4) is 5.75 Å². The van der Waals surface area contributed by atoms with Crippen molar-refractivity contribution in [1.29, 1.82) is 0 Å². The Bertz CT molecular complexity index is 424. The molecular formula is C10H15N3O3. The first kappa shape index (κ1) is 10.9. The Kier molecular flexibility index (Phi) is 3.09. The number of rotatable bonds is 2. The van der Waals surface area contributed by atoms with Crippen molar-refractivity contribution >= 4 is 5.69 Å². The first-order chi connectivity index (χ1) is 7.74. The largest absolute Gasteiger partial charge is 0.493 e. The number of ether oxygens (including phenoxy) is 2. The van der Waals surface area contributed by atoms with E-state index in [0.29, 0.717) is 37.7 Å². The lowest BCUT2D eigenvalue weighted by molar-refractivity contribution is 0.122. The van der Waals surface area contributed by atoms with Gasteiger partial charge in [0.05, 0.1) is 26.5 Å². The molecule has 1 fully saturated rings. The van der Waals surface area contributed by atoms with Crippen LogP contribution in [0.1, 0.15) is 0 Å². The summed E-state index contributed by atoms with van der Waals surface area (Å²) in [6.07, 6.45) is 1.56. The zero-order chi connectivity index (χ0) is 11.5. The van der Waals surface area contributed by atoms with Crippen LogP contribution in [0.15, 0.2) is 11.0 Å². The van der Waals surface area contributed by atoms with Crippen LogP contribution in [0, 0.1) is 0 Å². The van der Waals surface area contributed by atoms with Crippen molar-refractivity contribution in [3.05, 3.63) is 16.6 Å². The molecule has 2 heterocycles. The van der Waals surface area contributed by atoms with Crippen molar-refractivity contribution in [2.45, 2.75) is 0 Å². The molecule has 1 saturated heterocycles. The Balaban J connectivity index is 2.43. The molecule has 0 N–H and O–H groups in total. The average Bonchev–Trinajstić information content (AvgIpc) is 2.33. The second kappa shape index (κ2) is 4.52. The maximum Gasteiger partial charge on any atom is 0.293 e. The van der Waals surface area contributed by atoms with Gasteiger partial charge in [-0.25, -0.2) is 4.68 Å². The number of aromatic nitrogens is 2. The fourth-order valence-corrected chi connectivity index (χ4v) is 1.74. The lowest BCUT2D eigenvalue weighted by atomic mass is 10.3. The van der Waals surface area contributed by atoms with E-state index in [1.54, 1.807) is 20.4 Å². The molecule has 0 aliphatic carbocycles. The van der Waals surface area contributed by atoms with Crippen LogP contribution in [0.5, 0.6) is 5.75 Å². The maximum absolute atomic E-state index is 12.0. The van der Waals surface area contributed by atoms with E-state index in [1.807, 2.05) is 4.90 Å². The third kappa shape index (κ3) is 1.88. The van der Waals surface area contributed by atoms with E-state index in [-0.39, 0.29) is 5.56 Å². The van der Waals surface area contributed by atoms with Gasteiger partial charge in [0.1, 0.15) is 5.69 Å². The summed E-state index contributed by atoms with van der Waals surface area (Å²) < 4.78 is 11.7. The van der Waals surface area contributed by atoms with E-state index in [9.17, 15) is 4.79 Å². The molecule has 0 saturated carbocycles. The lowest BCUT2D eigenvalue weighted by Gasteiger charge is -2.29. The monoisotopic (exact) mass is 225 g/mol. The van der Waals surface area contributed by atoms with Gasteiger partial charge in [-0.1, -0.05) is 0 Å². The van der Waals surface area contributed by atoms with Crippen LogP contribution in [-0.4, -0.2) is 43.2 Å². The Morgan fingerprint density at radius 3 is 2.75 bits per heavy atom. The quantitative estimate of drug-likeness (QED) is 0.687. The van der Waals surface area contributed by atoms with E-state index < -0.39 is 0 Å². The highest BCUT2D eigenvalue weighted by molar-refractivity contribution is 5.55. The van der Waals surface area contributed by atoms with E-state index in [2.05, 4.69) is 5.10 Å². The van der Waals surface area contributed by atoms with Gasteiger partial charge in [0.15, 0.2) is 5.75 Å². The molecule has 6 nitrogen and oxygen atoms in total. The van der Waals surface area contributed by atoms with Crippen molar-refractivity contribution in [1.82, 2.24) is 9.78 Å². The van der Waals surface area contributed by atoms with Crippen LogP contribution < -0.4 is 15.2 Å². The molecule has 0 aromatic carbocycles. The molecule has 0 spiro atoms. The summed E-state index contributed by atoms with van der Waals surface area (Å²) in [6, 6.07) is 0. The highest BCUT2D eigenvalue weighted by Gasteiger charge is 2.20. The number of morpholine rings is 1. The van der Waals surface area contributed by atoms with Gasteiger partial charge >= 0.3 is 0 Å². The molecule has 1 aliphatic heterocycles. The SMILES string of the molecule is COc1cnn(C)c(=O)c1N1CCOCC1. The van der Waals surface area contributed by atoms with Gasteiger partial charge in [-0.05, 0) is 0 Å². The maximum atomic E-state index is 12.0. The Hall–Kier alpha value is -1.56. The molecule has 1 aromatic rings. The highest BCUT2D eigenvalue weighted by atomic mass is 16.5. The molecule has 0 unspecified atom stereocenters. The van der Waals surface area contributed by atoms with Gasteiger partial charge in [0, 0.05) is 20.1 Å². The van der Waals surface area contributed by atoms with Crippen LogP contribution in [0.2, 0.25) is 0 Å². The summed E-state index contributed by atoms with van der Waals surface area (Å²) >= 11 is 0. The summed E-state index contributed by atoms with van der Waals surface area (Å²) in [4.78, 5) is 14.0. The van der Waals surface area contributed by atoms with Crippen molar-refractivity contribution < 1.29 is 9.47 Å². The number of hydrogen-bond donors (Lipinski definition) is 0. The normalized spacial score (nSPS) is 16.2. The summed E-state index contributed by atoms with van der Waals surface area (Å²) in [5.41, 5.74) is 0.435. The zero-order valence-corrected chi connectivity index (χ0v) is 9.47. The molecule has 0 amide bonds. The first-order valence-corrected chi connectivity index (χ1v) is 5.17. The fourth-order valence-electron chi connectivity index (χ4n) is 1.74. The summed E-state index contributed by atoms with van der Waals surface area (Å²) in [6.45, 7) is 2.68. The van der Waals surface area contributed by atoms with Gasteiger partial charge < -0.3 is 14.4 Å². The minimum atomic E-state index is -0.138. The first-order valence-electron chi connectivity index (χ1n) is 5.17. The molecule has 0 radical (unpaired) electrons.